The first-order valence-electron chi connectivity index (χ1n) is 27.9. The molecule has 0 aromatic rings. The molecule has 0 saturated heterocycles. The molecule has 19 N–H and O–H groups in total. The van der Waals surface area contributed by atoms with Crippen LogP contribution < -0.4 is 70.0 Å². The van der Waals surface area contributed by atoms with Gasteiger partial charge in [-0.2, -0.15) is 0 Å². The Morgan fingerprint density at radius 3 is 1.31 bits per heavy atom. The monoisotopic (exact) mass is 1210 g/mol. The lowest BCUT2D eigenvalue weighted by Gasteiger charge is -2.23. The van der Waals surface area contributed by atoms with Crippen molar-refractivity contribution >= 4 is 94.8 Å². The minimum Gasteiger partial charge on any atom is -0.481 e. The minimum absolute atomic E-state index is 0.0108. The molecule has 12 amide bonds. The molecule has 0 radical (unpaired) electrons. The fraction of sp³-hybridized carbons (Fsp3) is 0.686. The predicted octanol–water partition coefficient (Wildman–Crippen LogP) is -5.85. The summed E-state index contributed by atoms with van der Waals surface area (Å²) in [7, 11) is 1.28. The van der Waals surface area contributed by atoms with Crippen molar-refractivity contribution in [1.82, 2.24) is 63.4 Å². The lowest BCUT2D eigenvalue weighted by Crippen LogP contribution is -2.56. The molecule has 0 heterocycles. The Morgan fingerprint density at radius 1 is 0.424 bits per heavy atom. The third-order valence-electron chi connectivity index (χ3n) is 12.1. The first-order valence-corrected chi connectivity index (χ1v) is 27.9. The minimum atomic E-state index is -1.88. The van der Waals surface area contributed by atoms with Crippen LogP contribution in [0.1, 0.15) is 129 Å². The maximum Gasteiger partial charge on any atom is 0.328 e. The van der Waals surface area contributed by atoms with E-state index in [9.17, 15) is 87.2 Å². The Bertz CT molecular complexity index is 2270. The molecule has 0 bridgehead atoms. The van der Waals surface area contributed by atoms with Gasteiger partial charge in [-0.25, -0.2) is 4.79 Å². The molecule has 4 atom stereocenters. The van der Waals surface area contributed by atoms with E-state index >= 15 is 0 Å². The molecule has 0 aromatic carbocycles. The molecule has 480 valence electrons. The Labute approximate surface area is 491 Å². The van der Waals surface area contributed by atoms with Gasteiger partial charge >= 0.3 is 17.9 Å². The van der Waals surface area contributed by atoms with Gasteiger partial charge in [0.25, 0.3) is 0 Å². The molecular formula is C51H87N15O19. The molecule has 0 aliphatic rings. The van der Waals surface area contributed by atoms with Gasteiger partial charge in [0.05, 0.1) is 65.4 Å². The summed E-state index contributed by atoms with van der Waals surface area (Å²) in [5.74, 6) is -15.7. The highest BCUT2D eigenvalue weighted by atomic mass is 16.4. The van der Waals surface area contributed by atoms with Crippen molar-refractivity contribution < 1.29 is 92.3 Å². The third-order valence-corrected chi connectivity index (χ3v) is 12.1. The van der Waals surface area contributed by atoms with Gasteiger partial charge in [-0.05, 0) is 25.7 Å². The van der Waals surface area contributed by atoms with Crippen molar-refractivity contribution in [3.63, 3.8) is 0 Å². The van der Waals surface area contributed by atoms with Crippen LogP contribution in [0.5, 0.6) is 0 Å². The predicted molar refractivity (Wildman–Crippen MR) is 300 cm³/mol. The first kappa shape index (κ1) is 76.3. The highest BCUT2D eigenvalue weighted by molar-refractivity contribution is 5.97. The van der Waals surface area contributed by atoms with Gasteiger partial charge in [0.1, 0.15) is 24.2 Å². The standard InChI is InChI=1S/C51H87N15O19/c1-3-4-5-6-7-8-9-10-11-12-13-14-15-18-36(68)55-23-40(72)60-29-44(76)66(2)30-43(75)59-26-39(71)57-24-37(69)56-25-38(70)58-27-41(73)62-33(19-20-45(77)78)48(82)64-32(17-16-21-54-51(52)53)47(81)61-28-42(74)63-34(22-46(79)80)49(83)65-35(31-67)50(84)85/h32-35,67H,3-31H2,1-2H3,(H,55,68)(H,56,69)(H,57,71)(H,58,70)(H,59,75)(H,60,72)(H,61,81)(H,62,73)(H,63,74)(H,64,82)(H,65,83)(H,77,78)(H,79,80)(H,84,85)(H4,52,53,54)/t32-,33-,34-,35-/m0/s1. The second-order valence-corrected chi connectivity index (χ2v) is 19.5. The Morgan fingerprint density at radius 2 is 0.835 bits per heavy atom. The smallest absolute Gasteiger partial charge is 0.328 e. The van der Waals surface area contributed by atoms with Gasteiger partial charge < -0.3 is 95.3 Å². The highest BCUT2D eigenvalue weighted by Gasteiger charge is 2.30. The number of aliphatic hydroxyl groups excluding tert-OH is 1. The number of aliphatic imine (C=N–C) groups is 1. The molecule has 0 rings (SSSR count). The number of nitrogens with one attached hydrogen (secondary N) is 11. The van der Waals surface area contributed by atoms with Crippen molar-refractivity contribution in [3.8, 4) is 0 Å². The summed E-state index contributed by atoms with van der Waals surface area (Å²) in [6.07, 6.45) is 13.0. The fourth-order valence-electron chi connectivity index (χ4n) is 7.41. The maximum atomic E-state index is 13.5. The molecule has 0 unspecified atom stereocenters. The number of likely N-dealkylation sites (N-methyl/N-ethyl adjacent to an activating group) is 1. The highest BCUT2D eigenvalue weighted by Crippen LogP contribution is 2.13. The molecule has 85 heavy (non-hydrogen) atoms. The zero-order valence-electron chi connectivity index (χ0n) is 48.3. The van der Waals surface area contributed by atoms with Gasteiger partial charge in [-0.15, -0.1) is 0 Å². The first-order chi connectivity index (χ1) is 40.3. The number of aliphatic carboxylic acids is 3. The van der Waals surface area contributed by atoms with Crippen molar-refractivity contribution in [3.05, 3.63) is 0 Å². The number of carbonyl (C=O) groups is 15. The number of carbonyl (C=O) groups excluding carboxylic acids is 12. The van der Waals surface area contributed by atoms with E-state index in [-0.39, 0.29) is 44.2 Å². The Balaban J connectivity index is 4.93. The van der Waals surface area contributed by atoms with E-state index in [1.807, 2.05) is 10.6 Å². The molecule has 0 saturated carbocycles. The molecule has 34 heteroatoms. The van der Waals surface area contributed by atoms with Crippen LogP contribution in [0.15, 0.2) is 4.99 Å². The van der Waals surface area contributed by atoms with E-state index in [2.05, 4.69) is 59.8 Å². The Kier molecular flexibility index (Phi) is 41.1. The maximum absolute atomic E-state index is 13.5. The van der Waals surface area contributed by atoms with Crippen LogP contribution >= 0.6 is 0 Å². The van der Waals surface area contributed by atoms with E-state index in [1.54, 1.807) is 0 Å². The summed E-state index contributed by atoms with van der Waals surface area (Å²) in [6, 6.07) is -6.93. The van der Waals surface area contributed by atoms with Crippen LogP contribution in [0, 0.1) is 0 Å². The van der Waals surface area contributed by atoms with Gasteiger partial charge in [0, 0.05) is 26.4 Å². The van der Waals surface area contributed by atoms with Gasteiger partial charge in [-0.3, -0.25) is 72.1 Å². The van der Waals surface area contributed by atoms with E-state index in [0.29, 0.717) is 6.42 Å². The SMILES string of the molecule is CCCCCCCCCCCCCCCC(=O)NCC(=O)NCC(=O)N(C)CC(=O)NCC(=O)NCC(=O)NCC(=O)NCC(=O)N[C@@H](CCC(=O)O)C(=O)N[C@@H](CCCN=C(N)N)C(=O)NCC(=O)N[C@@H](CC(=O)O)C(=O)N[C@@H](CO)C(=O)O. The van der Waals surface area contributed by atoms with Crippen LogP contribution in [0.25, 0.3) is 0 Å². The Hall–Kier alpha value is -8.72. The van der Waals surface area contributed by atoms with Gasteiger partial charge in [-0.1, -0.05) is 84.0 Å². The second-order valence-electron chi connectivity index (χ2n) is 19.5. The van der Waals surface area contributed by atoms with Crippen LogP contribution in [-0.4, -0.2) is 217 Å². The lowest BCUT2D eigenvalue weighted by molar-refractivity contribution is -0.144. The second kappa shape index (κ2) is 45.8. The molecule has 34 nitrogen and oxygen atoms in total. The van der Waals surface area contributed by atoms with Crippen molar-refractivity contribution in [2.75, 3.05) is 72.6 Å². The topological polar surface area (TPSA) is 537 Å². The number of nitrogens with two attached hydrogens (primary N) is 2. The number of carboxylic acid groups (broad SMARTS) is 3. The number of hydrogen-bond donors (Lipinski definition) is 17. The van der Waals surface area contributed by atoms with E-state index in [0.717, 1.165) is 24.2 Å². The third kappa shape index (κ3) is 41.0. The average Bonchev–Trinajstić information content (AvgIpc) is 3.46. The molecule has 0 aromatic heterocycles. The number of guanidine groups is 1. The zero-order valence-corrected chi connectivity index (χ0v) is 48.3. The van der Waals surface area contributed by atoms with Crippen molar-refractivity contribution in [1.29, 1.82) is 0 Å². The van der Waals surface area contributed by atoms with Crippen LogP contribution in [0.2, 0.25) is 0 Å². The lowest BCUT2D eigenvalue weighted by atomic mass is 10.0. The average molecular weight is 1210 g/mol. The van der Waals surface area contributed by atoms with Crippen LogP contribution in [0.3, 0.4) is 0 Å². The summed E-state index contributed by atoms with van der Waals surface area (Å²) in [5, 5.41) is 60.9. The van der Waals surface area contributed by atoms with E-state index < -0.39 is 179 Å². The molecular weight excluding hydrogens is 1130 g/mol. The van der Waals surface area contributed by atoms with E-state index in [4.69, 9.17) is 16.6 Å². The summed E-state index contributed by atoms with van der Waals surface area (Å²) in [4.78, 5) is 190. The summed E-state index contributed by atoms with van der Waals surface area (Å²) < 4.78 is 0. The van der Waals surface area contributed by atoms with Crippen LogP contribution in [-0.2, 0) is 71.9 Å². The molecule has 0 aliphatic carbocycles. The van der Waals surface area contributed by atoms with E-state index in [1.165, 1.54) is 64.8 Å². The number of aliphatic hydroxyl groups is 1. The number of unbranched alkanes of at least 4 members (excludes halogenated alkanes) is 12. The molecule has 0 aliphatic heterocycles. The zero-order chi connectivity index (χ0) is 64.1. The quantitative estimate of drug-likeness (QED) is 0.0153. The van der Waals surface area contributed by atoms with Crippen molar-refractivity contribution in [2.45, 2.75) is 153 Å². The normalized spacial score (nSPS) is 11.9. The number of rotatable bonds is 48. The molecule has 0 spiro atoms. The number of carboxylic acids is 3. The largest absolute Gasteiger partial charge is 0.481 e. The summed E-state index contributed by atoms with van der Waals surface area (Å²) in [6.45, 7) is -4.04. The van der Waals surface area contributed by atoms with Gasteiger partial charge in [0.2, 0.25) is 70.9 Å². The number of hydrogen-bond acceptors (Lipinski definition) is 17. The number of amides is 12. The van der Waals surface area contributed by atoms with Crippen LogP contribution in [0.4, 0.5) is 0 Å². The fourth-order valence-corrected chi connectivity index (χ4v) is 7.41. The number of nitrogens with zero attached hydrogens (tertiary/aromatic N) is 2. The molecule has 0 fully saturated rings. The van der Waals surface area contributed by atoms with Crippen molar-refractivity contribution in [2.24, 2.45) is 16.5 Å². The summed E-state index contributed by atoms with van der Waals surface area (Å²) in [5.41, 5.74) is 10.7. The van der Waals surface area contributed by atoms with Gasteiger partial charge in [0.15, 0.2) is 5.96 Å². The summed E-state index contributed by atoms with van der Waals surface area (Å²) >= 11 is 0.